The lowest BCUT2D eigenvalue weighted by Gasteiger charge is -2.34. The molecule has 0 aromatic heterocycles. The van der Waals surface area contributed by atoms with Crippen molar-refractivity contribution in [2.75, 3.05) is 31.7 Å². The van der Waals surface area contributed by atoms with Crippen LogP contribution in [0.2, 0.25) is 0 Å². The number of hydrogen-bond donors (Lipinski definition) is 0. The zero-order chi connectivity index (χ0) is 13.0. The summed E-state index contributed by atoms with van der Waals surface area (Å²) in [7, 11) is 1.70. The average molecular weight is 251 g/mol. The van der Waals surface area contributed by atoms with Crippen LogP contribution in [0.25, 0.3) is 0 Å². The van der Waals surface area contributed by atoms with Crippen LogP contribution in [0.1, 0.15) is 23.2 Å². The van der Waals surface area contributed by atoms with Crippen molar-refractivity contribution in [3.63, 3.8) is 0 Å². The van der Waals surface area contributed by atoms with Gasteiger partial charge in [0.2, 0.25) is 0 Å². The maximum absolute atomic E-state index is 13.1. The Morgan fingerprint density at radius 2 is 2.39 bits per heavy atom. The van der Waals surface area contributed by atoms with Crippen LogP contribution in [0.3, 0.4) is 0 Å². The Hall–Kier alpha value is -1.42. The first-order chi connectivity index (χ1) is 8.74. The molecule has 0 N–H and O–H groups in total. The molecule has 1 aromatic carbocycles. The minimum atomic E-state index is -0.369. The minimum absolute atomic E-state index is 0.369. The Kier molecular flexibility index (Phi) is 4.31. The molecule has 2 rings (SSSR count). The van der Waals surface area contributed by atoms with E-state index >= 15 is 0 Å². The summed E-state index contributed by atoms with van der Waals surface area (Å²) in [6, 6.07) is 4.39. The highest BCUT2D eigenvalue weighted by Gasteiger charge is 2.21. The molecule has 1 aliphatic rings. The van der Waals surface area contributed by atoms with E-state index in [1.54, 1.807) is 13.2 Å². The fourth-order valence-electron chi connectivity index (χ4n) is 2.56. The molecular formula is C14H18FNO2. The van der Waals surface area contributed by atoms with Gasteiger partial charge in [-0.3, -0.25) is 4.79 Å². The van der Waals surface area contributed by atoms with Crippen molar-refractivity contribution in [1.82, 2.24) is 0 Å². The summed E-state index contributed by atoms with van der Waals surface area (Å²) in [5.74, 6) is 0.111. The number of aldehydes is 1. The number of ether oxygens (including phenoxy) is 1. The molecule has 1 aliphatic heterocycles. The van der Waals surface area contributed by atoms with Gasteiger partial charge in [-0.1, -0.05) is 0 Å². The van der Waals surface area contributed by atoms with Gasteiger partial charge < -0.3 is 9.64 Å². The fourth-order valence-corrected chi connectivity index (χ4v) is 2.56. The summed E-state index contributed by atoms with van der Waals surface area (Å²) in [4.78, 5) is 13.2. The van der Waals surface area contributed by atoms with E-state index in [0.29, 0.717) is 11.5 Å². The molecule has 1 aromatic rings. The number of rotatable bonds is 4. The van der Waals surface area contributed by atoms with E-state index in [9.17, 15) is 9.18 Å². The van der Waals surface area contributed by atoms with Crippen LogP contribution in [0, 0.1) is 11.7 Å². The van der Waals surface area contributed by atoms with Gasteiger partial charge in [0, 0.05) is 31.5 Å². The molecule has 1 saturated heterocycles. The normalized spacial score (nSPS) is 19.9. The van der Waals surface area contributed by atoms with Gasteiger partial charge in [0.25, 0.3) is 0 Å². The second kappa shape index (κ2) is 5.96. The third-order valence-electron chi connectivity index (χ3n) is 3.38. The number of hydrogen-bond acceptors (Lipinski definition) is 3. The Morgan fingerprint density at radius 1 is 1.56 bits per heavy atom. The van der Waals surface area contributed by atoms with Gasteiger partial charge in [-0.2, -0.15) is 0 Å². The van der Waals surface area contributed by atoms with E-state index in [2.05, 4.69) is 4.90 Å². The van der Waals surface area contributed by atoms with Crippen LogP contribution in [0.15, 0.2) is 18.2 Å². The number of halogens is 1. The topological polar surface area (TPSA) is 29.5 Å². The molecule has 0 bridgehead atoms. The molecule has 4 heteroatoms. The maximum Gasteiger partial charge on any atom is 0.152 e. The lowest BCUT2D eigenvalue weighted by molar-refractivity contribution is 0.112. The van der Waals surface area contributed by atoms with Gasteiger partial charge in [0.1, 0.15) is 5.82 Å². The molecule has 98 valence electrons. The summed E-state index contributed by atoms with van der Waals surface area (Å²) in [6.07, 6.45) is 2.93. The summed E-state index contributed by atoms with van der Waals surface area (Å²) < 4.78 is 18.3. The SMILES string of the molecule is COCC1CCCN(c2ccc(F)cc2C=O)C1. The van der Waals surface area contributed by atoms with E-state index < -0.39 is 0 Å². The molecule has 0 aliphatic carbocycles. The largest absolute Gasteiger partial charge is 0.384 e. The predicted molar refractivity (Wildman–Crippen MR) is 68.6 cm³/mol. The maximum atomic E-state index is 13.1. The second-order valence-corrected chi connectivity index (χ2v) is 4.73. The average Bonchev–Trinajstić information content (AvgIpc) is 2.39. The van der Waals surface area contributed by atoms with Crippen molar-refractivity contribution in [3.05, 3.63) is 29.6 Å². The number of anilines is 1. The minimum Gasteiger partial charge on any atom is -0.384 e. The van der Waals surface area contributed by atoms with Gasteiger partial charge in [0.15, 0.2) is 6.29 Å². The monoisotopic (exact) mass is 251 g/mol. The van der Waals surface area contributed by atoms with Gasteiger partial charge in [-0.25, -0.2) is 4.39 Å². The first-order valence-corrected chi connectivity index (χ1v) is 6.23. The van der Waals surface area contributed by atoms with Crippen LogP contribution in [0.4, 0.5) is 10.1 Å². The van der Waals surface area contributed by atoms with Gasteiger partial charge in [-0.05, 0) is 37.0 Å². The van der Waals surface area contributed by atoms with Gasteiger partial charge in [-0.15, -0.1) is 0 Å². The van der Waals surface area contributed by atoms with Gasteiger partial charge >= 0.3 is 0 Å². The number of carbonyl (C=O) groups excluding carboxylic acids is 1. The predicted octanol–water partition coefficient (Wildman–Crippen LogP) is 2.50. The fraction of sp³-hybridized carbons (Fsp3) is 0.500. The number of piperidine rings is 1. The third kappa shape index (κ3) is 2.88. The summed E-state index contributed by atoms with van der Waals surface area (Å²) in [6.45, 7) is 2.50. The van der Waals surface area contributed by atoms with Crippen LogP contribution in [-0.2, 0) is 4.74 Å². The highest BCUT2D eigenvalue weighted by molar-refractivity contribution is 5.84. The Balaban J connectivity index is 2.17. The van der Waals surface area contributed by atoms with Crippen molar-refractivity contribution >= 4 is 12.0 Å². The van der Waals surface area contributed by atoms with Crippen LogP contribution < -0.4 is 4.90 Å². The molecular weight excluding hydrogens is 233 g/mol. The zero-order valence-corrected chi connectivity index (χ0v) is 10.6. The van der Waals surface area contributed by atoms with E-state index in [4.69, 9.17) is 4.74 Å². The zero-order valence-electron chi connectivity index (χ0n) is 10.6. The number of nitrogens with zero attached hydrogens (tertiary/aromatic N) is 1. The number of methoxy groups -OCH3 is 1. The van der Waals surface area contributed by atoms with Crippen molar-refractivity contribution in [2.45, 2.75) is 12.8 Å². The molecule has 0 radical (unpaired) electrons. The molecule has 18 heavy (non-hydrogen) atoms. The lowest BCUT2D eigenvalue weighted by atomic mass is 9.97. The molecule has 1 heterocycles. The Labute approximate surface area is 107 Å². The van der Waals surface area contributed by atoms with E-state index in [1.807, 2.05) is 0 Å². The first kappa shape index (κ1) is 13.0. The standard InChI is InChI=1S/C14H18FNO2/c1-18-10-11-3-2-6-16(8-11)14-5-4-13(15)7-12(14)9-17/h4-5,7,9,11H,2-3,6,8,10H2,1H3. The number of benzene rings is 1. The Morgan fingerprint density at radius 3 is 3.11 bits per heavy atom. The molecule has 0 amide bonds. The molecule has 0 saturated carbocycles. The first-order valence-electron chi connectivity index (χ1n) is 6.23. The van der Waals surface area contributed by atoms with E-state index in [0.717, 1.165) is 44.5 Å². The number of carbonyl (C=O) groups is 1. The van der Waals surface area contributed by atoms with Crippen molar-refractivity contribution in [3.8, 4) is 0 Å². The van der Waals surface area contributed by atoms with E-state index in [-0.39, 0.29) is 5.82 Å². The van der Waals surface area contributed by atoms with Crippen LogP contribution >= 0.6 is 0 Å². The second-order valence-electron chi connectivity index (χ2n) is 4.73. The summed E-state index contributed by atoms with van der Waals surface area (Å²) in [5, 5.41) is 0. The van der Waals surface area contributed by atoms with Gasteiger partial charge in [0.05, 0.1) is 6.61 Å². The van der Waals surface area contributed by atoms with E-state index in [1.165, 1.54) is 12.1 Å². The summed E-state index contributed by atoms with van der Waals surface area (Å²) in [5.41, 5.74) is 1.25. The molecule has 1 atom stereocenters. The molecule has 1 unspecified atom stereocenters. The van der Waals surface area contributed by atoms with Crippen LogP contribution in [-0.4, -0.2) is 33.1 Å². The highest BCUT2D eigenvalue weighted by Crippen LogP contribution is 2.26. The third-order valence-corrected chi connectivity index (χ3v) is 3.38. The smallest absolute Gasteiger partial charge is 0.152 e. The Bertz CT molecular complexity index is 420. The highest BCUT2D eigenvalue weighted by atomic mass is 19.1. The summed E-state index contributed by atoms with van der Waals surface area (Å²) >= 11 is 0. The van der Waals surface area contributed by atoms with Crippen LogP contribution in [0.5, 0.6) is 0 Å². The quantitative estimate of drug-likeness (QED) is 0.770. The molecule has 1 fully saturated rings. The molecule has 3 nitrogen and oxygen atoms in total. The van der Waals surface area contributed by atoms with Crippen molar-refractivity contribution < 1.29 is 13.9 Å². The van der Waals surface area contributed by atoms with Crippen molar-refractivity contribution in [1.29, 1.82) is 0 Å². The molecule has 0 spiro atoms. The lowest BCUT2D eigenvalue weighted by Crippen LogP contribution is -2.37. The van der Waals surface area contributed by atoms with Crippen molar-refractivity contribution in [2.24, 2.45) is 5.92 Å².